The third-order valence-electron chi connectivity index (χ3n) is 3.75. The van der Waals surface area contributed by atoms with Crippen LogP contribution >= 0.6 is 0 Å². The van der Waals surface area contributed by atoms with Gasteiger partial charge in [0, 0.05) is 18.3 Å². The molecule has 0 aliphatic heterocycles. The summed E-state index contributed by atoms with van der Waals surface area (Å²) in [5.41, 5.74) is 1.77. The van der Waals surface area contributed by atoms with Crippen molar-refractivity contribution in [2.75, 3.05) is 12.4 Å². The number of benzene rings is 1. The maximum absolute atomic E-state index is 12.0. The van der Waals surface area contributed by atoms with Crippen molar-refractivity contribution < 1.29 is 14.7 Å². The van der Waals surface area contributed by atoms with Crippen LogP contribution in [0.1, 0.15) is 24.8 Å². The van der Waals surface area contributed by atoms with Crippen molar-refractivity contribution in [3.63, 3.8) is 0 Å². The molecule has 6 nitrogen and oxygen atoms in total. The third kappa shape index (κ3) is 4.19. The van der Waals surface area contributed by atoms with Crippen molar-refractivity contribution in [3.8, 4) is 0 Å². The normalized spacial score (nSPS) is 21.0. The van der Waals surface area contributed by atoms with Crippen molar-refractivity contribution >= 4 is 17.7 Å². The first-order valence-corrected chi connectivity index (χ1v) is 7.13. The minimum atomic E-state index is -0.779. The highest BCUT2D eigenvalue weighted by Gasteiger charge is 2.30. The molecule has 1 aliphatic carbocycles. The van der Waals surface area contributed by atoms with E-state index in [0.717, 1.165) is 11.3 Å². The standard InChI is InChI=1S/C15H21N3O3/c1-16-9-11-4-2-3-5-13(11)18-15(21)17-12-7-6-10(8-12)14(19)20/h2-5,10,12,16H,6-9H2,1H3,(H,19,20)(H2,17,18,21)/t10-,12+/m1/s1. The van der Waals surface area contributed by atoms with Crippen LogP contribution in [0, 0.1) is 5.92 Å². The summed E-state index contributed by atoms with van der Waals surface area (Å²) in [6, 6.07) is 7.23. The van der Waals surface area contributed by atoms with Crippen LogP contribution in [0.5, 0.6) is 0 Å². The number of anilines is 1. The number of urea groups is 1. The lowest BCUT2D eigenvalue weighted by Gasteiger charge is -2.15. The Bertz CT molecular complexity index is 519. The Hall–Kier alpha value is -2.08. The third-order valence-corrected chi connectivity index (χ3v) is 3.75. The van der Waals surface area contributed by atoms with E-state index >= 15 is 0 Å². The fourth-order valence-corrected chi connectivity index (χ4v) is 2.67. The average molecular weight is 291 g/mol. The largest absolute Gasteiger partial charge is 0.481 e. The van der Waals surface area contributed by atoms with Crippen molar-refractivity contribution in [2.24, 2.45) is 5.92 Å². The molecule has 0 bridgehead atoms. The van der Waals surface area contributed by atoms with E-state index in [4.69, 9.17) is 5.11 Å². The van der Waals surface area contributed by atoms with Gasteiger partial charge in [-0.25, -0.2) is 4.79 Å². The lowest BCUT2D eigenvalue weighted by molar-refractivity contribution is -0.141. The molecule has 0 radical (unpaired) electrons. The molecule has 0 heterocycles. The number of aliphatic carboxylic acids is 1. The van der Waals surface area contributed by atoms with Crippen molar-refractivity contribution in [2.45, 2.75) is 31.8 Å². The monoisotopic (exact) mass is 291 g/mol. The number of nitrogens with one attached hydrogen (secondary N) is 3. The highest BCUT2D eigenvalue weighted by atomic mass is 16.4. The minimum absolute atomic E-state index is 0.0671. The highest BCUT2D eigenvalue weighted by molar-refractivity contribution is 5.90. The van der Waals surface area contributed by atoms with Gasteiger partial charge in [0.1, 0.15) is 0 Å². The summed E-state index contributed by atoms with van der Waals surface area (Å²) in [5, 5.41) is 17.7. The molecule has 1 fully saturated rings. The van der Waals surface area contributed by atoms with Gasteiger partial charge in [0.15, 0.2) is 0 Å². The molecule has 2 amide bonds. The van der Waals surface area contributed by atoms with E-state index in [2.05, 4.69) is 16.0 Å². The van der Waals surface area contributed by atoms with Gasteiger partial charge in [-0.2, -0.15) is 0 Å². The number of para-hydroxylation sites is 1. The average Bonchev–Trinajstić information content (AvgIpc) is 2.90. The van der Waals surface area contributed by atoms with Crippen LogP contribution in [0.15, 0.2) is 24.3 Å². The number of hydrogen-bond acceptors (Lipinski definition) is 3. The number of amides is 2. The van der Waals surface area contributed by atoms with Gasteiger partial charge in [-0.05, 0) is 37.9 Å². The van der Waals surface area contributed by atoms with Crippen LogP contribution in [-0.4, -0.2) is 30.2 Å². The fourth-order valence-electron chi connectivity index (χ4n) is 2.67. The SMILES string of the molecule is CNCc1ccccc1NC(=O)N[C@H]1CC[C@@H](C(=O)O)C1. The highest BCUT2D eigenvalue weighted by Crippen LogP contribution is 2.25. The van der Waals surface area contributed by atoms with Gasteiger partial charge in [-0.15, -0.1) is 0 Å². The molecule has 2 atom stereocenters. The quantitative estimate of drug-likeness (QED) is 0.665. The fraction of sp³-hybridized carbons (Fsp3) is 0.467. The number of carbonyl (C=O) groups excluding carboxylic acids is 1. The van der Waals surface area contributed by atoms with Gasteiger partial charge in [0.05, 0.1) is 5.92 Å². The van der Waals surface area contributed by atoms with Gasteiger partial charge >= 0.3 is 12.0 Å². The Kier molecular flexibility index (Phi) is 5.16. The molecule has 0 saturated heterocycles. The van der Waals surface area contributed by atoms with Gasteiger partial charge in [0.2, 0.25) is 0 Å². The minimum Gasteiger partial charge on any atom is -0.481 e. The van der Waals surface area contributed by atoms with Crippen molar-refractivity contribution in [3.05, 3.63) is 29.8 Å². The summed E-state index contributed by atoms with van der Waals surface area (Å²) in [4.78, 5) is 22.9. The van der Waals surface area contributed by atoms with Gasteiger partial charge < -0.3 is 21.1 Å². The van der Waals surface area contributed by atoms with E-state index in [9.17, 15) is 9.59 Å². The second kappa shape index (κ2) is 7.08. The van der Waals surface area contributed by atoms with Crippen LogP contribution in [-0.2, 0) is 11.3 Å². The van der Waals surface area contributed by atoms with Crippen molar-refractivity contribution in [1.82, 2.24) is 10.6 Å². The molecule has 1 aromatic rings. The number of carbonyl (C=O) groups is 2. The number of carboxylic acids is 1. The number of carboxylic acid groups (broad SMARTS) is 1. The summed E-state index contributed by atoms with van der Waals surface area (Å²) >= 11 is 0. The van der Waals surface area contributed by atoms with Crippen LogP contribution in [0.4, 0.5) is 10.5 Å². The van der Waals surface area contributed by atoms with E-state index in [1.807, 2.05) is 31.3 Å². The zero-order valence-corrected chi connectivity index (χ0v) is 12.1. The van der Waals surface area contributed by atoms with Crippen LogP contribution in [0.2, 0.25) is 0 Å². The molecule has 1 aromatic carbocycles. The van der Waals surface area contributed by atoms with E-state index in [-0.39, 0.29) is 18.0 Å². The smallest absolute Gasteiger partial charge is 0.319 e. The van der Waals surface area contributed by atoms with Crippen LogP contribution < -0.4 is 16.0 Å². The molecular weight excluding hydrogens is 270 g/mol. The van der Waals surface area contributed by atoms with E-state index < -0.39 is 5.97 Å². The van der Waals surface area contributed by atoms with Gasteiger partial charge in [-0.3, -0.25) is 4.79 Å². The number of rotatable bonds is 5. The molecule has 0 spiro atoms. The van der Waals surface area contributed by atoms with E-state index in [1.54, 1.807) is 0 Å². The van der Waals surface area contributed by atoms with Crippen LogP contribution in [0.25, 0.3) is 0 Å². The van der Waals surface area contributed by atoms with E-state index in [1.165, 1.54) is 0 Å². The summed E-state index contributed by atoms with van der Waals surface area (Å²) in [7, 11) is 1.85. The maximum atomic E-state index is 12.0. The van der Waals surface area contributed by atoms with Crippen molar-refractivity contribution in [1.29, 1.82) is 0 Å². The summed E-state index contributed by atoms with van der Waals surface area (Å²) in [5.74, 6) is -1.12. The van der Waals surface area contributed by atoms with E-state index in [0.29, 0.717) is 25.8 Å². The molecule has 114 valence electrons. The Morgan fingerprint density at radius 2 is 2.05 bits per heavy atom. The predicted octanol–water partition coefficient (Wildman–Crippen LogP) is 1.78. The zero-order valence-electron chi connectivity index (χ0n) is 12.1. The molecule has 2 rings (SSSR count). The molecule has 21 heavy (non-hydrogen) atoms. The Labute approximate surface area is 123 Å². The first-order chi connectivity index (χ1) is 10.1. The maximum Gasteiger partial charge on any atom is 0.319 e. The topological polar surface area (TPSA) is 90.5 Å². The lowest BCUT2D eigenvalue weighted by atomic mass is 10.1. The molecule has 6 heteroatoms. The lowest BCUT2D eigenvalue weighted by Crippen LogP contribution is -2.37. The first kappa shape index (κ1) is 15.3. The second-order valence-corrected chi connectivity index (χ2v) is 5.33. The molecule has 4 N–H and O–H groups in total. The Balaban J connectivity index is 1.89. The molecular formula is C15H21N3O3. The first-order valence-electron chi connectivity index (χ1n) is 7.13. The Morgan fingerprint density at radius 3 is 2.71 bits per heavy atom. The molecule has 0 unspecified atom stereocenters. The van der Waals surface area contributed by atoms with Crippen LogP contribution in [0.3, 0.4) is 0 Å². The predicted molar refractivity (Wildman–Crippen MR) is 80.1 cm³/mol. The molecule has 1 saturated carbocycles. The second-order valence-electron chi connectivity index (χ2n) is 5.33. The molecule has 1 aliphatic rings. The summed E-state index contributed by atoms with van der Waals surface area (Å²) in [6.45, 7) is 0.668. The Morgan fingerprint density at radius 1 is 1.29 bits per heavy atom. The summed E-state index contributed by atoms with van der Waals surface area (Å²) in [6.07, 6.45) is 1.83. The van der Waals surface area contributed by atoms with Gasteiger partial charge in [-0.1, -0.05) is 18.2 Å². The number of hydrogen-bond donors (Lipinski definition) is 4. The summed E-state index contributed by atoms with van der Waals surface area (Å²) < 4.78 is 0. The van der Waals surface area contributed by atoms with Gasteiger partial charge in [0.25, 0.3) is 0 Å². The molecule has 0 aromatic heterocycles. The zero-order chi connectivity index (χ0) is 15.2.